The number of halogens is 3. The van der Waals surface area contributed by atoms with Gasteiger partial charge in [-0.1, -0.05) is 11.6 Å². The summed E-state index contributed by atoms with van der Waals surface area (Å²) in [5.74, 6) is -0.190. The molecule has 1 aromatic heterocycles. The molecule has 0 atom stereocenters. The SMILES string of the molecule is Cc1ccc2nc(C)c(C(=O)N3CCN(c4ccc(C(F)(F)F)cc4[N+](=O)[O-])CC3)cc2c1. The summed E-state index contributed by atoms with van der Waals surface area (Å²) in [4.78, 5) is 31.6. The van der Waals surface area contributed by atoms with Gasteiger partial charge >= 0.3 is 6.18 Å². The predicted molar refractivity (Wildman–Crippen MR) is 117 cm³/mol. The molecular weight excluding hydrogens is 437 g/mol. The molecule has 1 saturated heterocycles. The van der Waals surface area contributed by atoms with Gasteiger partial charge in [-0.3, -0.25) is 19.9 Å². The number of carbonyl (C=O) groups is 1. The van der Waals surface area contributed by atoms with Crippen molar-refractivity contribution >= 4 is 28.2 Å². The van der Waals surface area contributed by atoms with Crippen molar-refractivity contribution in [3.63, 3.8) is 0 Å². The number of amides is 1. The van der Waals surface area contributed by atoms with Crippen LogP contribution in [0.5, 0.6) is 0 Å². The summed E-state index contributed by atoms with van der Waals surface area (Å²) in [6.07, 6.45) is -4.67. The highest BCUT2D eigenvalue weighted by atomic mass is 19.4. The summed E-state index contributed by atoms with van der Waals surface area (Å²) in [6.45, 7) is 4.81. The van der Waals surface area contributed by atoms with Crippen LogP contribution in [0.2, 0.25) is 0 Å². The molecule has 0 aliphatic carbocycles. The van der Waals surface area contributed by atoms with E-state index in [0.717, 1.165) is 28.6 Å². The van der Waals surface area contributed by atoms with Gasteiger partial charge in [0.05, 0.1) is 27.3 Å². The molecule has 0 bridgehead atoms. The quantitative estimate of drug-likeness (QED) is 0.418. The Morgan fingerprint density at radius 3 is 2.36 bits per heavy atom. The van der Waals surface area contributed by atoms with Crippen molar-refractivity contribution in [2.75, 3.05) is 31.1 Å². The number of rotatable bonds is 3. The highest BCUT2D eigenvalue weighted by molar-refractivity contribution is 5.99. The molecule has 0 unspecified atom stereocenters. The third-order valence-electron chi connectivity index (χ3n) is 5.80. The van der Waals surface area contributed by atoms with Crippen LogP contribution < -0.4 is 4.90 Å². The fourth-order valence-corrected chi connectivity index (χ4v) is 4.04. The van der Waals surface area contributed by atoms with Crippen LogP contribution in [0.15, 0.2) is 42.5 Å². The van der Waals surface area contributed by atoms with Gasteiger partial charge in [0.15, 0.2) is 0 Å². The molecule has 7 nitrogen and oxygen atoms in total. The Balaban J connectivity index is 1.54. The van der Waals surface area contributed by atoms with Crippen LogP contribution >= 0.6 is 0 Å². The standard InChI is InChI=1S/C23H21F3N4O3/c1-14-3-5-19-16(11-14)12-18(15(2)27-19)22(31)29-9-7-28(8-10-29)20-6-4-17(23(24,25)26)13-21(20)30(32)33/h3-6,11-13H,7-10H2,1-2H3. The summed E-state index contributed by atoms with van der Waals surface area (Å²) in [5, 5.41) is 12.3. The minimum atomic E-state index is -4.67. The number of carbonyl (C=O) groups excluding carboxylic acids is 1. The van der Waals surface area contributed by atoms with Crippen molar-refractivity contribution in [1.82, 2.24) is 9.88 Å². The summed E-state index contributed by atoms with van der Waals surface area (Å²) < 4.78 is 38.9. The molecule has 33 heavy (non-hydrogen) atoms. The van der Waals surface area contributed by atoms with E-state index in [4.69, 9.17) is 0 Å². The van der Waals surface area contributed by atoms with Crippen LogP contribution in [0.4, 0.5) is 24.5 Å². The van der Waals surface area contributed by atoms with E-state index in [-0.39, 0.29) is 37.8 Å². The van der Waals surface area contributed by atoms with Gasteiger partial charge in [-0.25, -0.2) is 0 Å². The summed E-state index contributed by atoms with van der Waals surface area (Å²) in [7, 11) is 0. The van der Waals surface area contributed by atoms with Crippen LogP contribution in [0, 0.1) is 24.0 Å². The van der Waals surface area contributed by atoms with E-state index >= 15 is 0 Å². The van der Waals surface area contributed by atoms with Crippen molar-refractivity contribution in [2.24, 2.45) is 0 Å². The van der Waals surface area contributed by atoms with Crippen LogP contribution in [0.1, 0.15) is 27.2 Å². The van der Waals surface area contributed by atoms with Crippen molar-refractivity contribution in [3.8, 4) is 0 Å². The molecule has 172 valence electrons. The molecule has 2 aromatic carbocycles. The number of nitro benzene ring substituents is 1. The predicted octanol–water partition coefficient (Wildman–Crippen LogP) is 4.74. The van der Waals surface area contributed by atoms with Crippen molar-refractivity contribution in [1.29, 1.82) is 0 Å². The summed E-state index contributed by atoms with van der Waals surface area (Å²) in [5.41, 5.74) is 1.39. The number of hydrogen-bond acceptors (Lipinski definition) is 5. The monoisotopic (exact) mass is 458 g/mol. The second kappa shape index (κ2) is 8.34. The normalized spacial score (nSPS) is 14.6. The minimum absolute atomic E-state index is 0.110. The zero-order chi connectivity index (χ0) is 23.9. The highest BCUT2D eigenvalue weighted by Crippen LogP contribution is 2.37. The molecule has 1 amide bonds. The number of anilines is 1. The third-order valence-corrected chi connectivity index (χ3v) is 5.80. The number of pyridine rings is 1. The molecular formula is C23H21F3N4O3. The van der Waals surface area contributed by atoms with Crippen LogP contribution in [0.25, 0.3) is 10.9 Å². The van der Waals surface area contributed by atoms with E-state index in [0.29, 0.717) is 17.3 Å². The lowest BCUT2D eigenvalue weighted by atomic mass is 10.1. The topological polar surface area (TPSA) is 79.6 Å². The first-order chi connectivity index (χ1) is 15.5. The van der Waals surface area contributed by atoms with Gasteiger partial charge in [0.1, 0.15) is 5.69 Å². The second-order valence-corrected chi connectivity index (χ2v) is 8.06. The first-order valence-corrected chi connectivity index (χ1v) is 10.3. The Hall–Kier alpha value is -3.69. The number of aryl methyl sites for hydroxylation is 2. The molecule has 0 N–H and O–H groups in total. The van der Waals surface area contributed by atoms with E-state index in [1.165, 1.54) is 0 Å². The number of aromatic nitrogens is 1. The lowest BCUT2D eigenvalue weighted by Crippen LogP contribution is -2.49. The van der Waals surface area contributed by atoms with E-state index in [2.05, 4.69) is 4.98 Å². The Labute approximate surface area is 187 Å². The molecule has 0 radical (unpaired) electrons. The molecule has 3 aromatic rings. The number of nitrogens with zero attached hydrogens (tertiary/aromatic N) is 4. The fourth-order valence-electron chi connectivity index (χ4n) is 4.04. The Morgan fingerprint density at radius 1 is 1.03 bits per heavy atom. The van der Waals surface area contributed by atoms with Crippen LogP contribution in [-0.4, -0.2) is 46.9 Å². The Morgan fingerprint density at radius 2 is 1.73 bits per heavy atom. The molecule has 1 aliphatic rings. The van der Waals surface area contributed by atoms with Crippen molar-refractivity contribution in [2.45, 2.75) is 20.0 Å². The number of fused-ring (bicyclic) bond motifs is 1. The summed E-state index contributed by atoms with van der Waals surface area (Å²) in [6, 6.07) is 10.2. The second-order valence-electron chi connectivity index (χ2n) is 8.06. The van der Waals surface area contributed by atoms with Gasteiger partial charge in [0, 0.05) is 37.6 Å². The number of piperazine rings is 1. The molecule has 1 fully saturated rings. The maximum atomic E-state index is 13.2. The molecule has 0 spiro atoms. The zero-order valence-corrected chi connectivity index (χ0v) is 18.0. The smallest absolute Gasteiger partial charge is 0.362 e. The first-order valence-electron chi connectivity index (χ1n) is 10.3. The van der Waals surface area contributed by atoms with E-state index in [9.17, 15) is 28.1 Å². The van der Waals surface area contributed by atoms with Gasteiger partial charge in [-0.2, -0.15) is 13.2 Å². The first kappa shape index (κ1) is 22.5. The maximum absolute atomic E-state index is 13.2. The number of nitro groups is 1. The summed E-state index contributed by atoms with van der Waals surface area (Å²) >= 11 is 0. The lowest BCUT2D eigenvalue weighted by Gasteiger charge is -2.36. The maximum Gasteiger partial charge on any atom is 0.416 e. The zero-order valence-electron chi connectivity index (χ0n) is 18.0. The van der Waals surface area contributed by atoms with Gasteiger partial charge < -0.3 is 9.80 Å². The molecule has 4 rings (SSSR count). The molecule has 1 aliphatic heterocycles. The largest absolute Gasteiger partial charge is 0.416 e. The van der Waals surface area contributed by atoms with E-state index < -0.39 is 22.4 Å². The minimum Gasteiger partial charge on any atom is -0.362 e. The van der Waals surface area contributed by atoms with Gasteiger partial charge in [-0.05, 0) is 44.2 Å². The van der Waals surface area contributed by atoms with Crippen molar-refractivity contribution < 1.29 is 22.9 Å². The highest BCUT2D eigenvalue weighted by Gasteiger charge is 2.34. The third kappa shape index (κ3) is 4.46. The van der Waals surface area contributed by atoms with Gasteiger partial charge in [-0.15, -0.1) is 0 Å². The molecule has 10 heteroatoms. The number of hydrogen-bond donors (Lipinski definition) is 0. The lowest BCUT2D eigenvalue weighted by molar-refractivity contribution is -0.384. The van der Waals surface area contributed by atoms with E-state index in [1.54, 1.807) is 16.7 Å². The van der Waals surface area contributed by atoms with E-state index in [1.807, 2.05) is 31.2 Å². The number of benzene rings is 2. The van der Waals surface area contributed by atoms with Crippen molar-refractivity contribution in [3.05, 3.63) is 75.0 Å². The van der Waals surface area contributed by atoms with Gasteiger partial charge in [0.25, 0.3) is 11.6 Å². The number of alkyl halides is 3. The van der Waals surface area contributed by atoms with Gasteiger partial charge in [0.2, 0.25) is 0 Å². The Bertz CT molecular complexity index is 1250. The fraction of sp³-hybridized carbons (Fsp3) is 0.304. The average Bonchev–Trinajstić information content (AvgIpc) is 2.77. The average molecular weight is 458 g/mol. The molecule has 0 saturated carbocycles. The van der Waals surface area contributed by atoms with Crippen LogP contribution in [0.3, 0.4) is 0 Å². The van der Waals surface area contributed by atoms with Crippen LogP contribution in [-0.2, 0) is 6.18 Å². The Kier molecular flexibility index (Phi) is 5.69. The molecule has 2 heterocycles.